The van der Waals surface area contributed by atoms with Crippen molar-refractivity contribution in [2.24, 2.45) is 0 Å². The molecule has 3 nitrogen and oxygen atoms in total. The molecule has 0 saturated carbocycles. The minimum Gasteiger partial charge on any atom is -0.332 e. The number of amides is 1. The number of pyridine rings is 1. The summed E-state index contributed by atoms with van der Waals surface area (Å²) in [7, 11) is 0. The Morgan fingerprint density at radius 2 is 1.82 bits per heavy atom. The fourth-order valence-corrected chi connectivity index (χ4v) is 4.10. The van der Waals surface area contributed by atoms with E-state index < -0.39 is 5.82 Å². The zero-order valence-corrected chi connectivity index (χ0v) is 16.4. The molecule has 0 bridgehead atoms. The van der Waals surface area contributed by atoms with Crippen LogP contribution in [0.5, 0.6) is 0 Å². The van der Waals surface area contributed by atoms with E-state index in [-0.39, 0.29) is 17.1 Å². The molecular weight excluding hydrogens is 398 g/mol. The second-order valence-corrected chi connectivity index (χ2v) is 7.48. The average molecular weight is 415 g/mol. The van der Waals surface area contributed by atoms with Crippen molar-refractivity contribution in [2.75, 3.05) is 6.54 Å². The van der Waals surface area contributed by atoms with Crippen molar-refractivity contribution in [3.05, 3.63) is 87.9 Å². The fourth-order valence-electron chi connectivity index (χ4n) is 3.68. The maximum absolute atomic E-state index is 14.2. The monoisotopic (exact) mass is 414 g/mol. The van der Waals surface area contributed by atoms with Crippen molar-refractivity contribution >= 4 is 29.1 Å². The molecule has 1 aliphatic heterocycles. The second kappa shape index (κ2) is 7.90. The minimum atomic E-state index is -0.568. The normalized spacial score (nSPS) is 16.4. The molecule has 4 rings (SSSR count). The Morgan fingerprint density at radius 3 is 2.57 bits per heavy atom. The fraction of sp³-hybridized carbons (Fsp3) is 0.182. The van der Waals surface area contributed by atoms with Gasteiger partial charge in [-0.05, 0) is 48.2 Å². The average Bonchev–Trinajstić information content (AvgIpc) is 3.19. The van der Waals surface area contributed by atoms with E-state index in [2.05, 4.69) is 4.98 Å². The van der Waals surface area contributed by atoms with Gasteiger partial charge in [0.25, 0.3) is 5.91 Å². The van der Waals surface area contributed by atoms with Gasteiger partial charge in [0.1, 0.15) is 0 Å². The Bertz CT molecular complexity index is 1020. The van der Waals surface area contributed by atoms with Gasteiger partial charge in [-0.1, -0.05) is 53.5 Å². The van der Waals surface area contributed by atoms with E-state index in [1.807, 2.05) is 29.2 Å². The Hall–Kier alpha value is -2.43. The summed E-state index contributed by atoms with van der Waals surface area (Å²) in [5, 5.41) is 0.505. The number of carbonyl (C=O) groups excluding carboxylic acids is 1. The van der Waals surface area contributed by atoms with Gasteiger partial charge >= 0.3 is 0 Å². The van der Waals surface area contributed by atoms with Gasteiger partial charge in [-0.15, -0.1) is 0 Å². The van der Waals surface area contributed by atoms with Gasteiger partial charge in [0, 0.05) is 28.9 Å². The van der Waals surface area contributed by atoms with E-state index in [4.69, 9.17) is 23.2 Å². The second-order valence-electron chi connectivity index (χ2n) is 6.72. The van der Waals surface area contributed by atoms with Crippen LogP contribution in [0.2, 0.25) is 10.2 Å². The highest BCUT2D eigenvalue weighted by atomic mass is 35.5. The first kappa shape index (κ1) is 18.9. The molecule has 0 aliphatic carbocycles. The first-order valence-electron chi connectivity index (χ1n) is 9.02. The number of aromatic nitrogens is 1. The summed E-state index contributed by atoms with van der Waals surface area (Å²) < 4.78 is 14.2. The lowest BCUT2D eigenvalue weighted by Crippen LogP contribution is -2.30. The predicted molar refractivity (Wildman–Crippen MR) is 109 cm³/mol. The van der Waals surface area contributed by atoms with Crippen molar-refractivity contribution in [1.82, 2.24) is 9.88 Å². The summed E-state index contributed by atoms with van der Waals surface area (Å²) in [5.41, 5.74) is 2.53. The van der Waals surface area contributed by atoms with Gasteiger partial charge in [0.05, 0.1) is 6.04 Å². The van der Waals surface area contributed by atoms with Crippen molar-refractivity contribution in [3.63, 3.8) is 0 Å². The van der Waals surface area contributed by atoms with Crippen LogP contribution in [0.4, 0.5) is 4.39 Å². The maximum atomic E-state index is 14.2. The quantitative estimate of drug-likeness (QED) is 0.479. The third kappa shape index (κ3) is 3.50. The topological polar surface area (TPSA) is 33.2 Å². The molecule has 1 aromatic heterocycles. The van der Waals surface area contributed by atoms with Crippen LogP contribution >= 0.6 is 23.2 Å². The summed E-state index contributed by atoms with van der Waals surface area (Å²) in [6.45, 7) is 0.686. The number of hydrogen-bond donors (Lipinski definition) is 0. The number of carbonyl (C=O) groups is 1. The van der Waals surface area contributed by atoms with Crippen LogP contribution in [0.15, 0.2) is 60.8 Å². The SMILES string of the molecule is O=C(c1ccc(-c2ccnc(Cl)c2F)cc1)N1CCC[C@@H]1c1ccccc1Cl. The van der Waals surface area contributed by atoms with E-state index in [9.17, 15) is 9.18 Å². The van der Waals surface area contributed by atoms with E-state index in [1.54, 1.807) is 30.3 Å². The molecule has 1 fully saturated rings. The van der Waals surface area contributed by atoms with Crippen LogP contribution in [0.25, 0.3) is 11.1 Å². The molecule has 142 valence electrons. The third-order valence-corrected chi connectivity index (χ3v) is 5.68. The lowest BCUT2D eigenvalue weighted by molar-refractivity contribution is 0.0736. The summed E-state index contributed by atoms with van der Waals surface area (Å²) in [4.78, 5) is 18.7. The van der Waals surface area contributed by atoms with Crippen molar-refractivity contribution in [3.8, 4) is 11.1 Å². The largest absolute Gasteiger partial charge is 0.332 e. The van der Waals surface area contributed by atoms with Crippen LogP contribution in [-0.4, -0.2) is 22.3 Å². The van der Waals surface area contributed by atoms with Gasteiger partial charge in [0.2, 0.25) is 0 Å². The van der Waals surface area contributed by atoms with Gasteiger partial charge in [-0.3, -0.25) is 4.79 Å². The Balaban J connectivity index is 1.60. The number of nitrogens with zero attached hydrogens (tertiary/aromatic N) is 2. The number of hydrogen-bond acceptors (Lipinski definition) is 2. The molecule has 2 aromatic carbocycles. The lowest BCUT2D eigenvalue weighted by atomic mass is 10.0. The summed E-state index contributed by atoms with van der Waals surface area (Å²) in [6, 6.07) is 16.1. The van der Waals surface area contributed by atoms with Crippen LogP contribution in [0.3, 0.4) is 0 Å². The molecule has 0 N–H and O–H groups in total. The molecule has 0 radical (unpaired) electrons. The van der Waals surface area contributed by atoms with Crippen LogP contribution in [0.1, 0.15) is 34.8 Å². The molecule has 2 heterocycles. The van der Waals surface area contributed by atoms with E-state index >= 15 is 0 Å². The zero-order chi connectivity index (χ0) is 19.7. The van der Waals surface area contributed by atoms with E-state index in [0.717, 1.165) is 18.4 Å². The Labute approximate surface area is 172 Å². The first-order chi connectivity index (χ1) is 13.6. The zero-order valence-electron chi connectivity index (χ0n) is 14.9. The Kier molecular flexibility index (Phi) is 5.33. The van der Waals surface area contributed by atoms with Gasteiger partial charge in [-0.25, -0.2) is 9.37 Å². The van der Waals surface area contributed by atoms with Crippen LogP contribution < -0.4 is 0 Å². The molecule has 1 atom stereocenters. The van der Waals surface area contributed by atoms with Crippen LogP contribution in [0, 0.1) is 5.82 Å². The van der Waals surface area contributed by atoms with Gasteiger partial charge < -0.3 is 4.90 Å². The van der Waals surface area contributed by atoms with E-state index in [0.29, 0.717) is 28.3 Å². The predicted octanol–water partition coefficient (Wildman–Crippen LogP) is 6.17. The van der Waals surface area contributed by atoms with Crippen molar-refractivity contribution in [2.45, 2.75) is 18.9 Å². The Morgan fingerprint density at radius 1 is 1.07 bits per heavy atom. The van der Waals surface area contributed by atoms with Gasteiger partial charge in [-0.2, -0.15) is 0 Å². The molecule has 0 unspecified atom stereocenters. The van der Waals surface area contributed by atoms with E-state index in [1.165, 1.54) is 6.20 Å². The minimum absolute atomic E-state index is 0.0303. The third-order valence-electron chi connectivity index (χ3n) is 5.07. The summed E-state index contributed by atoms with van der Waals surface area (Å²) in [5.74, 6) is -0.622. The highest BCUT2D eigenvalue weighted by Crippen LogP contribution is 2.36. The molecule has 0 spiro atoms. The number of benzene rings is 2. The maximum Gasteiger partial charge on any atom is 0.254 e. The highest BCUT2D eigenvalue weighted by molar-refractivity contribution is 6.31. The first-order valence-corrected chi connectivity index (χ1v) is 9.77. The molecule has 28 heavy (non-hydrogen) atoms. The van der Waals surface area contributed by atoms with Crippen molar-refractivity contribution < 1.29 is 9.18 Å². The number of rotatable bonds is 3. The molecule has 1 saturated heterocycles. The van der Waals surface area contributed by atoms with Crippen molar-refractivity contribution in [1.29, 1.82) is 0 Å². The number of halogens is 3. The smallest absolute Gasteiger partial charge is 0.254 e. The summed E-state index contributed by atoms with van der Waals surface area (Å²) in [6.07, 6.45) is 3.27. The molecule has 3 aromatic rings. The standard InChI is InChI=1S/C22H17Cl2FN2O/c23-18-5-2-1-4-17(18)19-6-3-13-27(19)22(28)15-9-7-14(8-10-15)16-11-12-26-21(24)20(16)25/h1-2,4-5,7-12,19H,3,6,13H2/t19-/m1/s1. The summed E-state index contributed by atoms with van der Waals surface area (Å²) >= 11 is 12.1. The van der Waals surface area contributed by atoms with Gasteiger partial charge in [0.15, 0.2) is 11.0 Å². The lowest BCUT2D eigenvalue weighted by Gasteiger charge is -2.26. The molecule has 1 aliphatic rings. The molecule has 1 amide bonds. The number of likely N-dealkylation sites (tertiary alicyclic amines) is 1. The molecular formula is C22H17Cl2FN2O. The molecule has 6 heteroatoms. The van der Waals surface area contributed by atoms with Crippen LogP contribution in [-0.2, 0) is 0 Å². The highest BCUT2D eigenvalue weighted by Gasteiger charge is 2.31.